The topological polar surface area (TPSA) is 92.7 Å². The molecule has 0 amide bonds. The number of carbonyl (C=O) groups excluding carboxylic acids is 1. The maximum Gasteiger partial charge on any atom is 0.349 e. The van der Waals surface area contributed by atoms with Crippen LogP contribution in [-0.2, 0) is 14.8 Å². The number of thiophene rings is 1. The van der Waals surface area contributed by atoms with Gasteiger partial charge in [-0.2, -0.15) is 0 Å². The summed E-state index contributed by atoms with van der Waals surface area (Å²) in [5, 5.41) is 11.3. The molecule has 112 valence electrons. The van der Waals surface area contributed by atoms with Crippen LogP contribution in [0, 0.1) is 12.8 Å². The van der Waals surface area contributed by atoms with E-state index in [1.54, 1.807) is 12.3 Å². The minimum absolute atomic E-state index is 0.0388. The summed E-state index contributed by atoms with van der Waals surface area (Å²) in [6, 6.07) is 0. The van der Waals surface area contributed by atoms with E-state index < -0.39 is 22.1 Å². The second-order valence-electron chi connectivity index (χ2n) is 4.83. The predicted octanol–water partition coefficient (Wildman–Crippen LogP) is 0.892. The molecule has 2 N–H and O–H groups in total. The van der Waals surface area contributed by atoms with Crippen molar-refractivity contribution in [2.24, 2.45) is 5.92 Å². The summed E-state index contributed by atoms with van der Waals surface area (Å²) < 4.78 is 31.5. The third-order valence-electron chi connectivity index (χ3n) is 3.21. The minimum atomic E-state index is -3.83. The molecule has 20 heavy (non-hydrogen) atoms. The number of aliphatic hydroxyl groups excluding tert-OH is 1. The molecule has 0 aliphatic heterocycles. The highest BCUT2D eigenvalue weighted by atomic mass is 32.2. The van der Waals surface area contributed by atoms with Crippen molar-refractivity contribution < 1.29 is 23.1 Å². The fourth-order valence-corrected chi connectivity index (χ4v) is 4.67. The molecule has 0 saturated heterocycles. The first-order valence-corrected chi connectivity index (χ1v) is 8.57. The van der Waals surface area contributed by atoms with Gasteiger partial charge in [0.1, 0.15) is 9.77 Å². The van der Waals surface area contributed by atoms with Crippen LogP contribution in [0.5, 0.6) is 0 Å². The lowest BCUT2D eigenvalue weighted by molar-refractivity contribution is 0.0602. The lowest BCUT2D eigenvalue weighted by atomic mass is 10.2. The molecule has 6 nitrogen and oxygen atoms in total. The van der Waals surface area contributed by atoms with Gasteiger partial charge in [0.25, 0.3) is 0 Å². The van der Waals surface area contributed by atoms with Gasteiger partial charge in [-0.3, -0.25) is 0 Å². The normalized spacial score (nSPS) is 16.9. The standard InChI is InChI=1S/C12H17NO5S2/c1-7-6-19-10(12(15)18-2)11(7)20(16,17)13-5-9(14)8-3-4-8/h6,8-9,13-14H,3-5H2,1-2H3. The fraction of sp³-hybridized carbons (Fsp3) is 0.583. The van der Waals surface area contributed by atoms with Crippen LogP contribution in [0.25, 0.3) is 0 Å². The summed E-state index contributed by atoms with van der Waals surface area (Å²) >= 11 is 1.03. The number of esters is 1. The number of hydrogen-bond acceptors (Lipinski definition) is 6. The molecule has 1 saturated carbocycles. The third kappa shape index (κ3) is 3.20. The second-order valence-corrected chi connectivity index (χ2v) is 7.41. The van der Waals surface area contributed by atoms with Crippen LogP contribution in [-0.4, -0.2) is 39.3 Å². The van der Waals surface area contributed by atoms with Gasteiger partial charge in [0.2, 0.25) is 10.0 Å². The Bertz CT molecular complexity index is 603. The predicted molar refractivity (Wildman–Crippen MR) is 74.3 cm³/mol. The van der Waals surface area contributed by atoms with E-state index in [2.05, 4.69) is 9.46 Å². The van der Waals surface area contributed by atoms with Crippen LogP contribution in [0.4, 0.5) is 0 Å². The van der Waals surface area contributed by atoms with E-state index in [9.17, 15) is 18.3 Å². The molecule has 0 spiro atoms. The van der Waals surface area contributed by atoms with Crippen LogP contribution >= 0.6 is 11.3 Å². The van der Waals surface area contributed by atoms with Gasteiger partial charge in [-0.05, 0) is 36.6 Å². The molecular weight excluding hydrogens is 302 g/mol. The summed E-state index contributed by atoms with van der Waals surface area (Å²) in [5.74, 6) is -0.493. The number of sulfonamides is 1. The zero-order chi connectivity index (χ0) is 14.9. The maximum atomic E-state index is 12.3. The zero-order valence-corrected chi connectivity index (χ0v) is 12.9. The van der Waals surface area contributed by atoms with E-state index in [0.717, 1.165) is 24.2 Å². The highest BCUT2D eigenvalue weighted by Crippen LogP contribution is 2.32. The van der Waals surface area contributed by atoms with Crippen molar-refractivity contribution in [1.82, 2.24) is 4.72 Å². The molecule has 1 unspecified atom stereocenters. The number of carbonyl (C=O) groups is 1. The number of rotatable bonds is 6. The number of aliphatic hydroxyl groups is 1. The first-order valence-electron chi connectivity index (χ1n) is 6.21. The zero-order valence-electron chi connectivity index (χ0n) is 11.3. The van der Waals surface area contributed by atoms with Crippen LogP contribution in [0.15, 0.2) is 10.3 Å². The van der Waals surface area contributed by atoms with Gasteiger partial charge >= 0.3 is 5.97 Å². The van der Waals surface area contributed by atoms with E-state index in [1.165, 1.54) is 7.11 Å². The lowest BCUT2D eigenvalue weighted by Gasteiger charge is -2.12. The molecule has 0 aromatic carbocycles. The molecule has 1 heterocycles. The Morgan fingerprint density at radius 3 is 2.80 bits per heavy atom. The van der Waals surface area contributed by atoms with Gasteiger partial charge < -0.3 is 9.84 Å². The quantitative estimate of drug-likeness (QED) is 0.760. The Balaban J connectivity index is 2.20. The molecule has 1 aromatic heterocycles. The van der Waals surface area contributed by atoms with Crippen LogP contribution in [0.2, 0.25) is 0 Å². The Morgan fingerprint density at radius 1 is 1.60 bits per heavy atom. The summed E-state index contributed by atoms with van der Waals surface area (Å²) in [5.41, 5.74) is 0.490. The SMILES string of the molecule is COC(=O)c1scc(C)c1S(=O)(=O)NCC(O)C1CC1. The number of ether oxygens (including phenoxy) is 1. The summed E-state index contributed by atoms with van der Waals surface area (Å²) in [7, 11) is -2.63. The Hall–Kier alpha value is -0.960. The molecule has 2 rings (SSSR count). The Labute approximate surface area is 121 Å². The summed E-state index contributed by atoms with van der Waals surface area (Å²) in [4.78, 5) is 11.6. The Morgan fingerprint density at radius 2 is 2.25 bits per heavy atom. The number of aryl methyl sites for hydroxylation is 1. The van der Waals surface area contributed by atoms with Gasteiger partial charge in [-0.15, -0.1) is 11.3 Å². The van der Waals surface area contributed by atoms with Gasteiger partial charge in [-0.25, -0.2) is 17.9 Å². The van der Waals surface area contributed by atoms with E-state index >= 15 is 0 Å². The van der Waals surface area contributed by atoms with Gasteiger partial charge in [0.15, 0.2) is 0 Å². The number of methoxy groups -OCH3 is 1. The molecular formula is C12H17NO5S2. The van der Waals surface area contributed by atoms with Gasteiger partial charge in [0, 0.05) is 6.54 Å². The van der Waals surface area contributed by atoms with E-state index in [4.69, 9.17) is 0 Å². The smallest absolute Gasteiger partial charge is 0.349 e. The van der Waals surface area contributed by atoms with Crippen molar-refractivity contribution in [2.75, 3.05) is 13.7 Å². The van der Waals surface area contributed by atoms with Crippen molar-refractivity contribution in [2.45, 2.75) is 30.8 Å². The first-order chi connectivity index (χ1) is 9.36. The van der Waals surface area contributed by atoms with Crippen molar-refractivity contribution in [1.29, 1.82) is 0 Å². The molecule has 1 aliphatic rings. The third-order valence-corrected chi connectivity index (χ3v) is 6.02. The van der Waals surface area contributed by atoms with Crippen molar-refractivity contribution in [3.05, 3.63) is 15.8 Å². The average molecular weight is 319 g/mol. The van der Waals surface area contributed by atoms with Crippen molar-refractivity contribution in [3.63, 3.8) is 0 Å². The molecule has 1 fully saturated rings. The van der Waals surface area contributed by atoms with Crippen molar-refractivity contribution >= 4 is 27.3 Å². The lowest BCUT2D eigenvalue weighted by Crippen LogP contribution is -2.34. The van der Waals surface area contributed by atoms with Crippen LogP contribution in [0.3, 0.4) is 0 Å². The summed E-state index contributed by atoms with van der Waals surface area (Å²) in [6.45, 7) is 1.58. The number of hydrogen-bond donors (Lipinski definition) is 2. The van der Waals surface area contributed by atoms with Gasteiger partial charge in [-0.1, -0.05) is 0 Å². The maximum absolute atomic E-state index is 12.3. The van der Waals surface area contributed by atoms with E-state index in [1.807, 2.05) is 0 Å². The fourth-order valence-electron chi connectivity index (χ4n) is 1.92. The van der Waals surface area contributed by atoms with Gasteiger partial charge in [0.05, 0.1) is 13.2 Å². The van der Waals surface area contributed by atoms with E-state index in [-0.39, 0.29) is 22.2 Å². The molecule has 1 aliphatic carbocycles. The van der Waals surface area contributed by atoms with Crippen LogP contribution < -0.4 is 4.72 Å². The minimum Gasteiger partial charge on any atom is -0.465 e. The Kier molecular flexibility index (Phi) is 4.48. The monoisotopic (exact) mass is 319 g/mol. The van der Waals surface area contributed by atoms with Crippen LogP contribution in [0.1, 0.15) is 28.1 Å². The number of nitrogens with one attached hydrogen (secondary N) is 1. The van der Waals surface area contributed by atoms with Crippen molar-refractivity contribution in [3.8, 4) is 0 Å². The largest absolute Gasteiger partial charge is 0.465 e. The molecule has 8 heteroatoms. The second kappa shape index (κ2) is 5.80. The highest BCUT2D eigenvalue weighted by molar-refractivity contribution is 7.89. The average Bonchev–Trinajstić information content (AvgIpc) is 3.18. The summed E-state index contributed by atoms with van der Waals surface area (Å²) in [6.07, 6.45) is 1.17. The molecule has 0 bridgehead atoms. The highest BCUT2D eigenvalue weighted by Gasteiger charge is 2.32. The molecule has 1 atom stereocenters. The first kappa shape index (κ1) is 15.4. The molecule has 0 radical (unpaired) electrons. The molecule has 1 aromatic rings. The van der Waals surface area contributed by atoms with E-state index in [0.29, 0.717) is 5.56 Å².